The second kappa shape index (κ2) is 6.59. The zero-order valence-corrected chi connectivity index (χ0v) is 10.2. The monoisotopic (exact) mass is 242 g/mol. The Bertz CT molecular complexity index is 273. The lowest BCUT2D eigenvalue weighted by molar-refractivity contribution is -0.147. The van der Waals surface area contributed by atoms with E-state index in [0.29, 0.717) is 25.8 Å². The van der Waals surface area contributed by atoms with Crippen molar-refractivity contribution in [2.45, 2.75) is 56.9 Å². The van der Waals surface area contributed by atoms with Gasteiger partial charge in [0.05, 0.1) is 0 Å². The number of carboxylic acid groups (broad SMARTS) is 1. The number of nitrogens with two attached hydrogens (primary N) is 1. The molecule has 0 heterocycles. The molecule has 0 saturated heterocycles. The average Bonchev–Trinajstić information content (AvgIpc) is 2.74. The Labute approximate surface area is 102 Å². The second-order valence-electron chi connectivity index (χ2n) is 4.74. The van der Waals surface area contributed by atoms with Gasteiger partial charge in [-0.15, -0.1) is 0 Å². The summed E-state index contributed by atoms with van der Waals surface area (Å²) in [7, 11) is 0. The molecule has 17 heavy (non-hydrogen) atoms. The van der Waals surface area contributed by atoms with E-state index in [2.05, 4.69) is 5.32 Å². The van der Waals surface area contributed by atoms with E-state index >= 15 is 0 Å². The lowest BCUT2D eigenvalue weighted by Crippen LogP contribution is -2.52. The van der Waals surface area contributed by atoms with Gasteiger partial charge >= 0.3 is 5.97 Å². The van der Waals surface area contributed by atoms with Gasteiger partial charge in [-0.25, -0.2) is 4.79 Å². The van der Waals surface area contributed by atoms with Gasteiger partial charge in [-0.1, -0.05) is 19.3 Å². The number of carbonyl (C=O) groups excluding carboxylic acids is 1. The van der Waals surface area contributed by atoms with Crippen molar-refractivity contribution in [3.63, 3.8) is 0 Å². The van der Waals surface area contributed by atoms with Gasteiger partial charge in [0.1, 0.15) is 5.54 Å². The Kier molecular flexibility index (Phi) is 5.41. The van der Waals surface area contributed by atoms with Crippen molar-refractivity contribution in [1.82, 2.24) is 5.32 Å². The van der Waals surface area contributed by atoms with Crippen molar-refractivity contribution in [3.05, 3.63) is 0 Å². The molecule has 1 rings (SSSR count). The van der Waals surface area contributed by atoms with Gasteiger partial charge in [-0.2, -0.15) is 0 Å². The van der Waals surface area contributed by atoms with Crippen LogP contribution in [0.3, 0.4) is 0 Å². The van der Waals surface area contributed by atoms with Crippen LogP contribution in [-0.4, -0.2) is 29.1 Å². The highest BCUT2D eigenvalue weighted by molar-refractivity contribution is 5.87. The third kappa shape index (κ3) is 4.00. The minimum absolute atomic E-state index is 0.147. The summed E-state index contributed by atoms with van der Waals surface area (Å²) >= 11 is 0. The van der Waals surface area contributed by atoms with E-state index in [4.69, 9.17) is 5.73 Å². The fourth-order valence-corrected chi connectivity index (χ4v) is 2.31. The minimum atomic E-state index is -0.995. The first-order chi connectivity index (χ1) is 8.10. The van der Waals surface area contributed by atoms with Crippen LogP contribution in [0, 0.1) is 0 Å². The summed E-state index contributed by atoms with van der Waals surface area (Å²) in [6.45, 7) is 0.640. The van der Waals surface area contributed by atoms with Crippen LogP contribution in [0.25, 0.3) is 0 Å². The highest BCUT2D eigenvalue weighted by Crippen LogP contribution is 2.30. The van der Waals surface area contributed by atoms with Crippen LogP contribution >= 0.6 is 0 Å². The summed E-state index contributed by atoms with van der Waals surface area (Å²) in [6.07, 6.45) is 5.86. The van der Waals surface area contributed by atoms with Crippen molar-refractivity contribution in [3.8, 4) is 0 Å². The minimum Gasteiger partial charge on any atom is -0.480 e. The SMILES string of the molecule is NCCCCCC(=O)NC1(C(=O)O)CCCC1. The Hall–Kier alpha value is -1.10. The molecule has 0 atom stereocenters. The summed E-state index contributed by atoms with van der Waals surface area (Å²) in [5.41, 5.74) is 4.36. The zero-order valence-electron chi connectivity index (χ0n) is 10.2. The Morgan fingerprint density at radius 3 is 2.35 bits per heavy atom. The standard InChI is InChI=1S/C12H22N2O3/c13-9-5-1-2-6-10(15)14-12(11(16)17)7-3-4-8-12/h1-9,13H2,(H,14,15)(H,16,17). The van der Waals surface area contributed by atoms with E-state index in [9.17, 15) is 14.7 Å². The maximum Gasteiger partial charge on any atom is 0.329 e. The van der Waals surface area contributed by atoms with Gasteiger partial charge in [0, 0.05) is 6.42 Å². The van der Waals surface area contributed by atoms with E-state index in [1.165, 1.54) is 0 Å². The van der Waals surface area contributed by atoms with Gasteiger partial charge < -0.3 is 16.2 Å². The number of amides is 1. The van der Waals surface area contributed by atoms with Crippen molar-refractivity contribution in [1.29, 1.82) is 0 Å². The molecule has 1 aliphatic carbocycles. The Balaban J connectivity index is 2.35. The first-order valence-electron chi connectivity index (χ1n) is 6.35. The molecule has 0 spiro atoms. The molecule has 5 nitrogen and oxygen atoms in total. The maximum absolute atomic E-state index is 11.7. The highest BCUT2D eigenvalue weighted by atomic mass is 16.4. The first-order valence-corrected chi connectivity index (χ1v) is 6.35. The van der Waals surface area contributed by atoms with E-state index in [1.54, 1.807) is 0 Å². The molecule has 0 bridgehead atoms. The number of unbranched alkanes of at least 4 members (excludes halogenated alkanes) is 2. The summed E-state index contributed by atoms with van der Waals surface area (Å²) in [4.78, 5) is 22.9. The van der Waals surface area contributed by atoms with E-state index < -0.39 is 11.5 Å². The number of aliphatic carboxylic acids is 1. The van der Waals surface area contributed by atoms with Gasteiger partial charge in [-0.3, -0.25) is 4.79 Å². The highest BCUT2D eigenvalue weighted by Gasteiger charge is 2.42. The van der Waals surface area contributed by atoms with E-state index in [0.717, 1.165) is 32.1 Å². The van der Waals surface area contributed by atoms with Crippen LogP contribution in [0.5, 0.6) is 0 Å². The molecule has 0 unspecified atom stereocenters. The molecule has 4 N–H and O–H groups in total. The fourth-order valence-electron chi connectivity index (χ4n) is 2.31. The van der Waals surface area contributed by atoms with Gasteiger partial charge in [-0.05, 0) is 32.2 Å². The van der Waals surface area contributed by atoms with Crippen LogP contribution in [-0.2, 0) is 9.59 Å². The quantitative estimate of drug-likeness (QED) is 0.581. The Morgan fingerprint density at radius 2 is 1.82 bits per heavy atom. The topological polar surface area (TPSA) is 92.4 Å². The van der Waals surface area contributed by atoms with Crippen molar-refractivity contribution in [2.24, 2.45) is 5.73 Å². The maximum atomic E-state index is 11.7. The van der Waals surface area contributed by atoms with Crippen LogP contribution < -0.4 is 11.1 Å². The average molecular weight is 242 g/mol. The predicted octanol–water partition coefficient (Wildman–Crippen LogP) is 1.02. The molecule has 0 aliphatic heterocycles. The largest absolute Gasteiger partial charge is 0.480 e. The van der Waals surface area contributed by atoms with Gasteiger partial charge in [0.15, 0.2) is 0 Å². The summed E-state index contributed by atoms with van der Waals surface area (Å²) in [5, 5.41) is 11.9. The number of carbonyl (C=O) groups is 2. The molecule has 5 heteroatoms. The lowest BCUT2D eigenvalue weighted by Gasteiger charge is -2.25. The van der Waals surface area contributed by atoms with Crippen molar-refractivity contribution < 1.29 is 14.7 Å². The van der Waals surface area contributed by atoms with E-state index in [-0.39, 0.29) is 5.91 Å². The summed E-state index contributed by atoms with van der Waals surface area (Å²) < 4.78 is 0. The number of nitrogens with one attached hydrogen (secondary N) is 1. The molecule has 98 valence electrons. The molecule has 0 aromatic rings. The molecule has 1 amide bonds. The van der Waals surface area contributed by atoms with Crippen molar-refractivity contribution in [2.75, 3.05) is 6.54 Å². The number of rotatable bonds is 7. The first kappa shape index (κ1) is 14.0. The number of hydrogen-bond donors (Lipinski definition) is 3. The fraction of sp³-hybridized carbons (Fsp3) is 0.833. The molecule has 1 fully saturated rings. The number of hydrogen-bond acceptors (Lipinski definition) is 3. The molecule has 1 saturated carbocycles. The van der Waals surface area contributed by atoms with Crippen molar-refractivity contribution >= 4 is 11.9 Å². The lowest BCUT2D eigenvalue weighted by atomic mass is 9.97. The molecule has 0 aromatic heterocycles. The molecule has 1 aliphatic rings. The van der Waals surface area contributed by atoms with Crippen LogP contribution in [0.2, 0.25) is 0 Å². The normalized spacial score (nSPS) is 17.9. The smallest absolute Gasteiger partial charge is 0.329 e. The summed E-state index contributed by atoms with van der Waals surface area (Å²) in [6, 6.07) is 0. The molecular formula is C12H22N2O3. The Morgan fingerprint density at radius 1 is 1.18 bits per heavy atom. The third-order valence-corrected chi connectivity index (χ3v) is 3.35. The van der Waals surface area contributed by atoms with Crippen LogP contribution in [0.1, 0.15) is 51.4 Å². The van der Waals surface area contributed by atoms with Gasteiger partial charge in [0.25, 0.3) is 0 Å². The molecule has 0 radical (unpaired) electrons. The predicted molar refractivity (Wildman–Crippen MR) is 64.5 cm³/mol. The van der Waals surface area contributed by atoms with Gasteiger partial charge in [0.2, 0.25) is 5.91 Å². The number of carboxylic acids is 1. The molecule has 0 aromatic carbocycles. The van der Waals surface area contributed by atoms with Crippen LogP contribution in [0.15, 0.2) is 0 Å². The summed E-state index contributed by atoms with van der Waals surface area (Å²) in [5.74, 6) is -1.04. The third-order valence-electron chi connectivity index (χ3n) is 3.35. The molecular weight excluding hydrogens is 220 g/mol. The second-order valence-corrected chi connectivity index (χ2v) is 4.74. The van der Waals surface area contributed by atoms with E-state index in [1.807, 2.05) is 0 Å². The van der Waals surface area contributed by atoms with Crippen LogP contribution in [0.4, 0.5) is 0 Å². The zero-order chi connectivity index (χ0) is 12.7.